The minimum Gasteiger partial charge on any atom is -0.345 e. The molecule has 6 nitrogen and oxygen atoms in total. The highest BCUT2D eigenvalue weighted by molar-refractivity contribution is 9.11. The van der Waals surface area contributed by atoms with Gasteiger partial charge in [0.15, 0.2) is 5.78 Å². The number of anilines is 1. The molecule has 0 atom stereocenters. The van der Waals surface area contributed by atoms with Crippen molar-refractivity contribution in [1.82, 2.24) is 9.97 Å². The molecule has 4 rings (SSSR count). The van der Waals surface area contributed by atoms with Crippen molar-refractivity contribution in [3.05, 3.63) is 80.0 Å². The van der Waals surface area contributed by atoms with Crippen LogP contribution in [0.1, 0.15) is 29.3 Å². The van der Waals surface area contributed by atoms with Crippen LogP contribution < -0.4 is 4.72 Å². The number of ketones is 1. The van der Waals surface area contributed by atoms with Crippen molar-refractivity contribution in [3.8, 4) is 11.1 Å². The molecule has 10 heteroatoms. The molecule has 0 fully saturated rings. The van der Waals surface area contributed by atoms with Crippen LogP contribution >= 0.6 is 43.5 Å². The molecule has 2 aromatic carbocycles. The van der Waals surface area contributed by atoms with Gasteiger partial charge in [-0.15, -0.1) is 0 Å². The number of nitrogens with zero attached hydrogens (tertiary/aromatic N) is 1. The summed E-state index contributed by atoms with van der Waals surface area (Å²) in [5.74, 6) is -0.299. The third kappa shape index (κ3) is 5.01. The van der Waals surface area contributed by atoms with E-state index in [0.717, 1.165) is 11.1 Å². The molecule has 0 aliphatic heterocycles. The zero-order valence-electron chi connectivity index (χ0n) is 17.3. The number of benzene rings is 2. The molecule has 170 valence electrons. The first kappa shape index (κ1) is 23.9. The van der Waals surface area contributed by atoms with Gasteiger partial charge in [-0.25, -0.2) is 13.4 Å². The van der Waals surface area contributed by atoms with E-state index in [-0.39, 0.29) is 11.5 Å². The maximum Gasteiger partial charge on any atom is 0.232 e. The van der Waals surface area contributed by atoms with Crippen molar-refractivity contribution in [1.29, 1.82) is 0 Å². The van der Waals surface area contributed by atoms with Gasteiger partial charge in [0.05, 0.1) is 21.5 Å². The van der Waals surface area contributed by atoms with Crippen molar-refractivity contribution < 1.29 is 13.2 Å². The van der Waals surface area contributed by atoms with Gasteiger partial charge in [0.1, 0.15) is 5.65 Å². The van der Waals surface area contributed by atoms with E-state index in [4.69, 9.17) is 11.6 Å². The Kier molecular flexibility index (Phi) is 6.95. The fourth-order valence-electron chi connectivity index (χ4n) is 3.45. The number of nitrogens with one attached hydrogen (secondary N) is 2. The molecule has 0 amide bonds. The van der Waals surface area contributed by atoms with E-state index in [9.17, 15) is 13.2 Å². The molecule has 0 bridgehead atoms. The number of carbonyl (C=O) groups excluding carboxylic acids is 1. The highest BCUT2D eigenvalue weighted by Crippen LogP contribution is 2.36. The first-order chi connectivity index (χ1) is 15.7. The lowest BCUT2D eigenvalue weighted by Crippen LogP contribution is -2.17. The largest absolute Gasteiger partial charge is 0.345 e. The van der Waals surface area contributed by atoms with Crippen LogP contribution in [0.4, 0.5) is 5.69 Å². The third-order valence-electron chi connectivity index (χ3n) is 5.01. The summed E-state index contributed by atoms with van der Waals surface area (Å²) in [4.78, 5) is 21.1. The van der Waals surface area contributed by atoms with Gasteiger partial charge in [0, 0.05) is 38.4 Å². The summed E-state index contributed by atoms with van der Waals surface area (Å²) in [6.45, 7) is 1.79. The average Bonchev–Trinajstić information content (AvgIpc) is 3.19. The second-order valence-electron chi connectivity index (χ2n) is 7.36. The minimum absolute atomic E-state index is 0.0135. The van der Waals surface area contributed by atoms with Gasteiger partial charge in [0.2, 0.25) is 10.0 Å². The number of sulfonamides is 1. The monoisotopic (exact) mass is 609 g/mol. The van der Waals surface area contributed by atoms with Crippen LogP contribution in [0.3, 0.4) is 0 Å². The summed E-state index contributed by atoms with van der Waals surface area (Å²) >= 11 is 12.9. The molecule has 2 N–H and O–H groups in total. The van der Waals surface area contributed by atoms with Crippen LogP contribution in [0.15, 0.2) is 63.8 Å². The smallest absolute Gasteiger partial charge is 0.232 e. The summed E-state index contributed by atoms with van der Waals surface area (Å²) in [6, 6.07) is 12.5. The molecule has 0 saturated carbocycles. The highest BCUT2D eigenvalue weighted by atomic mass is 79.9. The van der Waals surface area contributed by atoms with Crippen molar-refractivity contribution in [2.75, 3.05) is 10.5 Å². The van der Waals surface area contributed by atoms with E-state index in [1.807, 2.05) is 18.2 Å². The molecule has 0 radical (unpaired) electrons. The molecule has 0 unspecified atom stereocenters. The lowest BCUT2D eigenvalue weighted by Gasteiger charge is -2.13. The Hall–Kier alpha value is -2.20. The molecule has 4 aromatic rings. The Bertz CT molecular complexity index is 1470. The van der Waals surface area contributed by atoms with E-state index in [1.165, 1.54) is 0 Å². The summed E-state index contributed by atoms with van der Waals surface area (Å²) < 4.78 is 28.0. The van der Waals surface area contributed by atoms with Crippen molar-refractivity contribution in [2.45, 2.75) is 13.3 Å². The van der Waals surface area contributed by atoms with Gasteiger partial charge in [-0.2, -0.15) is 0 Å². The molecule has 2 aromatic heterocycles. The summed E-state index contributed by atoms with van der Waals surface area (Å²) in [7, 11) is -3.52. The number of fused-ring (bicyclic) bond motifs is 1. The number of hydrogen-bond acceptors (Lipinski definition) is 4. The average molecular weight is 612 g/mol. The molecular formula is C23H18Br2ClN3O3S. The summed E-state index contributed by atoms with van der Waals surface area (Å²) in [6.07, 6.45) is 3.82. The van der Waals surface area contributed by atoms with Crippen LogP contribution in [0, 0.1) is 0 Å². The Morgan fingerprint density at radius 1 is 1.12 bits per heavy atom. The van der Waals surface area contributed by atoms with Crippen molar-refractivity contribution >= 4 is 76.0 Å². The fourth-order valence-corrected chi connectivity index (χ4v) is 6.26. The predicted octanol–water partition coefficient (Wildman–Crippen LogP) is 6.79. The first-order valence-corrected chi connectivity index (χ1v) is 13.6. The Labute approximate surface area is 213 Å². The molecule has 0 aliphatic rings. The molecule has 0 spiro atoms. The molecule has 0 saturated heterocycles. The number of hydrogen-bond donors (Lipinski definition) is 2. The van der Waals surface area contributed by atoms with Crippen molar-refractivity contribution in [2.24, 2.45) is 0 Å². The first-order valence-electron chi connectivity index (χ1n) is 9.96. The zero-order valence-corrected chi connectivity index (χ0v) is 22.1. The number of aromatic nitrogens is 2. The number of halogens is 3. The lowest BCUT2D eigenvalue weighted by atomic mass is 10.0. The van der Waals surface area contributed by atoms with E-state index >= 15 is 0 Å². The molecule has 0 aliphatic carbocycles. The van der Waals surface area contributed by atoms with Gasteiger partial charge in [-0.05, 0) is 74.2 Å². The predicted molar refractivity (Wildman–Crippen MR) is 140 cm³/mol. The maximum absolute atomic E-state index is 13.6. The second kappa shape index (κ2) is 9.58. The Morgan fingerprint density at radius 3 is 2.55 bits per heavy atom. The van der Waals surface area contributed by atoms with Gasteiger partial charge in [-0.3, -0.25) is 9.52 Å². The normalized spacial score (nSPS) is 11.6. The minimum atomic E-state index is -3.52. The molecular weight excluding hydrogens is 594 g/mol. The summed E-state index contributed by atoms with van der Waals surface area (Å²) in [5, 5.41) is 1.29. The van der Waals surface area contributed by atoms with E-state index in [2.05, 4.69) is 46.5 Å². The van der Waals surface area contributed by atoms with Crippen LogP contribution in [-0.2, 0) is 10.0 Å². The number of rotatable bonds is 7. The quantitative estimate of drug-likeness (QED) is 0.225. The topological polar surface area (TPSA) is 91.9 Å². The zero-order chi connectivity index (χ0) is 23.8. The number of aromatic amines is 1. The fraction of sp³-hybridized carbons (Fsp3) is 0.130. The summed E-state index contributed by atoms with van der Waals surface area (Å²) in [5.41, 5.74) is 3.36. The third-order valence-corrected chi connectivity index (χ3v) is 8.22. The van der Waals surface area contributed by atoms with Crippen LogP contribution in [0.25, 0.3) is 22.2 Å². The lowest BCUT2D eigenvalue weighted by molar-refractivity contribution is 0.103. The van der Waals surface area contributed by atoms with Gasteiger partial charge < -0.3 is 4.98 Å². The molecule has 33 heavy (non-hydrogen) atoms. The number of H-pyrrole nitrogens is 1. The Morgan fingerprint density at radius 2 is 1.85 bits per heavy atom. The van der Waals surface area contributed by atoms with Crippen LogP contribution in [0.2, 0.25) is 5.02 Å². The van der Waals surface area contributed by atoms with Gasteiger partial charge >= 0.3 is 0 Å². The highest BCUT2D eigenvalue weighted by Gasteiger charge is 2.23. The number of carbonyl (C=O) groups is 1. The molecule has 2 heterocycles. The SMILES string of the molecule is CCCS(=O)(=O)Nc1ccc(Br)c(C(=O)c2c[nH]c3ncc(-c4ccc(Cl)cc4)cc23)c1Br. The van der Waals surface area contributed by atoms with Crippen LogP contribution in [0.5, 0.6) is 0 Å². The second-order valence-corrected chi connectivity index (χ2v) is 11.3. The van der Waals surface area contributed by atoms with Gasteiger partial charge in [0.25, 0.3) is 0 Å². The van der Waals surface area contributed by atoms with Crippen molar-refractivity contribution in [3.63, 3.8) is 0 Å². The van der Waals surface area contributed by atoms with E-state index in [0.29, 0.717) is 48.2 Å². The standard InChI is InChI=1S/C23H18Br2ClN3O3S/c1-2-9-33(31,32)29-19-8-7-18(24)20(21(19)25)22(30)17-12-28-23-16(17)10-14(11-27-23)13-3-5-15(26)6-4-13/h3-8,10-12,29H,2,9H2,1H3,(H,27,28). The Balaban J connectivity index is 1.78. The van der Waals surface area contributed by atoms with E-state index < -0.39 is 10.0 Å². The maximum atomic E-state index is 13.6. The van der Waals surface area contributed by atoms with Gasteiger partial charge in [-0.1, -0.05) is 30.7 Å². The van der Waals surface area contributed by atoms with Crippen LogP contribution in [-0.4, -0.2) is 29.9 Å². The van der Waals surface area contributed by atoms with E-state index in [1.54, 1.807) is 43.6 Å². The number of pyridine rings is 1.